The third kappa shape index (κ3) is 4.26. The summed E-state index contributed by atoms with van der Waals surface area (Å²) in [5, 5.41) is 0. The average Bonchev–Trinajstić information content (AvgIpc) is 3.44. The molecule has 0 atom stereocenters. The quantitative estimate of drug-likeness (QED) is 0.487. The van der Waals surface area contributed by atoms with Crippen molar-refractivity contribution in [1.82, 2.24) is 8.87 Å². The van der Waals surface area contributed by atoms with Crippen LogP contribution in [0.4, 0.5) is 5.69 Å². The maximum atomic E-state index is 12.9. The highest BCUT2D eigenvalue weighted by Gasteiger charge is 2.28. The van der Waals surface area contributed by atoms with E-state index in [4.69, 9.17) is 4.42 Å². The molecule has 0 saturated carbocycles. The van der Waals surface area contributed by atoms with Gasteiger partial charge in [0.1, 0.15) is 0 Å². The van der Waals surface area contributed by atoms with E-state index in [1.165, 1.54) is 21.0 Å². The van der Waals surface area contributed by atoms with Crippen LogP contribution in [0.15, 0.2) is 75.3 Å². The van der Waals surface area contributed by atoms with Gasteiger partial charge in [-0.3, -0.25) is 9.36 Å². The number of para-hydroxylation sites is 1. The van der Waals surface area contributed by atoms with Gasteiger partial charge in [0.05, 0.1) is 10.4 Å². The van der Waals surface area contributed by atoms with E-state index in [1.54, 1.807) is 17.0 Å². The predicted octanol–water partition coefficient (Wildman–Crippen LogP) is 2.99. The number of aryl methyl sites for hydroxylation is 1. The van der Waals surface area contributed by atoms with Crippen LogP contribution in [-0.4, -0.2) is 42.8 Å². The van der Waals surface area contributed by atoms with Crippen LogP contribution < -0.4 is 10.7 Å². The summed E-state index contributed by atoms with van der Waals surface area (Å²) in [7, 11) is -3.62. The van der Waals surface area contributed by atoms with E-state index in [0.29, 0.717) is 25.2 Å². The Bertz CT molecular complexity index is 1290. The molecular weight excluding hydrogens is 430 g/mol. The van der Waals surface area contributed by atoms with Gasteiger partial charge in [-0.1, -0.05) is 24.3 Å². The highest BCUT2D eigenvalue weighted by atomic mass is 32.2. The number of aromatic nitrogens is 1. The molecule has 0 N–H and O–H groups in total. The molecule has 1 amide bonds. The molecule has 1 saturated heterocycles. The average molecular weight is 456 g/mol. The number of nitrogens with zero attached hydrogens (tertiary/aromatic N) is 3. The molecule has 1 fully saturated rings. The Hall–Kier alpha value is -3.17. The number of hydrogen-bond donors (Lipinski definition) is 0. The first-order chi connectivity index (χ1) is 15.4. The molecule has 9 heteroatoms. The Morgan fingerprint density at radius 3 is 2.53 bits per heavy atom. The zero-order valence-electron chi connectivity index (χ0n) is 17.6. The highest BCUT2D eigenvalue weighted by molar-refractivity contribution is 7.89. The number of fused-ring (bicyclic) bond motifs is 1. The van der Waals surface area contributed by atoms with Crippen LogP contribution in [0.3, 0.4) is 0 Å². The Labute approximate surface area is 186 Å². The van der Waals surface area contributed by atoms with Crippen LogP contribution in [0.2, 0.25) is 0 Å². The van der Waals surface area contributed by atoms with E-state index in [-0.39, 0.29) is 29.4 Å². The molecule has 0 aliphatic carbocycles. The summed E-state index contributed by atoms with van der Waals surface area (Å²) < 4.78 is 33.7. The fourth-order valence-corrected chi connectivity index (χ4v) is 5.46. The standard InChI is InChI=1S/C23H25N3O5S/c1-2-13-25(18-8-4-3-5-9-18)22(27)12-16-26-20-11-10-19(17-21(20)31-23(26)28)32(29,30)24-14-6-7-15-24/h2-5,8-11,17H,1,6-7,12-16H2. The van der Waals surface area contributed by atoms with Crippen molar-refractivity contribution in [1.29, 1.82) is 0 Å². The van der Waals surface area contributed by atoms with Crippen molar-refractivity contribution in [3.05, 3.63) is 71.7 Å². The minimum atomic E-state index is -3.62. The number of sulfonamides is 1. The SMILES string of the molecule is C=CCN(C(=O)CCn1c(=O)oc2cc(S(=O)(=O)N3CCCC3)ccc21)c1ccccc1. The predicted molar refractivity (Wildman–Crippen MR) is 122 cm³/mol. The lowest BCUT2D eigenvalue weighted by Crippen LogP contribution is -2.32. The molecule has 168 valence electrons. The molecule has 0 unspecified atom stereocenters. The van der Waals surface area contributed by atoms with E-state index in [1.807, 2.05) is 30.3 Å². The largest absolute Gasteiger partial charge is 0.419 e. The molecule has 4 rings (SSSR count). The monoisotopic (exact) mass is 455 g/mol. The number of benzene rings is 2. The Balaban J connectivity index is 1.56. The number of amides is 1. The summed E-state index contributed by atoms with van der Waals surface area (Å²) in [5.74, 6) is -0.788. The number of carbonyl (C=O) groups is 1. The summed E-state index contributed by atoms with van der Waals surface area (Å²) in [5.41, 5.74) is 1.39. The smallest absolute Gasteiger partial charge is 0.408 e. The number of oxazole rings is 1. The van der Waals surface area contributed by atoms with Crippen molar-refractivity contribution >= 4 is 32.7 Å². The summed E-state index contributed by atoms with van der Waals surface area (Å²) >= 11 is 0. The zero-order valence-corrected chi connectivity index (χ0v) is 18.5. The lowest BCUT2D eigenvalue weighted by molar-refractivity contribution is -0.118. The van der Waals surface area contributed by atoms with Gasteiger partial charge < -0.3 is 9.32 Å². The second-order valence-electron chi connectivity index (χ2n) is 7.64. The lowest BCUT2D eigenvalue weighted by atomic mass is 10.2. The molecule has 2 aromatic carbocycles. The first kappa shape index (κ1) is 22.0. The molecule has 0 spiro atoms. The highest BCUT2D eigenvalue weighted by Crippen LogP contribution is 2.24. The van der Waals surface area contributed by atoms with Crippen LogP contribution in [-0.2, 0) is 21.4 Å². The maximum absolute atomic E-state index is 12.9. The Morgan fingerprint density at radius 2 is 1.84 bits per heavy atom. The Morgan fingerprint density at radius 1 is 1.12 bits per heavy atom. The van der Waals surface area contributed by atoms with E-state index in [2.05, 4.69) is 6.58 Å². The third-order valence-electron chi connectivity index (χ3n) is 5.57. The molecule has 1 aliphatic heterocycles. The van der Waals surface area contributed by atoms with Crippen LogP contribution >= 0.6 is 0 Å². The molecule has 2 heterocycles. The van der Waals surface area contributed by atoms with E-state index in [0.717, 1.165) is 18.5 Å². The number of carbonyl (C=O) groups excluding carboxylic acids is 1. The van der Waals surface area contributed by atoms with Gasteiger partial charge in [-0.25, -0.2) is 13.2 Å². The van der Waals surface area contributed by atoms with Gasteiger partial charge in [-0.05, 0) is 37.1 Å². The molecule has 1 aliphatic rings. The number of hydrogen-bond acceptors (Lipinski definition) is 5. The third-order valence-corrected chi connectivity index (χ3v) is 7.47. The van der Waals surface area contributed by atoms with Crippen molar-refractivity contribution < 1.29 is 17.6 Å². The van der Waals surface area contributed by atoms with Crippen molar-refractivity contribution in [2.24, 2.45) is 0 Å². The van der Waals surface area contributed by atoms with Gasteiger partial charge in [0.2, 0.25) is 15.9 Å². The van der Waals surface area contributed by atoms with Gasteiger partial charge in [-0.2, -0.15) is 4.31 Å². The van der Waals surface area contributed by atoms with Gasteiger partial charge >= 0.3 is 5.76 Å². The van der Waals surface area contributed by atoms with Crippen molar-refractivity contribution in [2.75, 3.05) is 24.5 Å². The lowest BCUT2D eigenvalue weighted by Gasteiger charge is -2.21. The second-order valence-corrected chi connectivity index (χ2v) is 9.58. The number of rotatable bonds is 8. The van der Waals surface area contributed by atoms with E-state index in [9.17, 15) is 18.0 Å². The molecule has 0 bridgehead atoms. The van der Waals surface area contributed by atoms with Gasteiger partial charge in [-0.15, -0.1) is 6.58 Å². The second kappa shape index (κ2) is 9.13. The first-order valence-electron chi connectivity index (χ1n) is 10.5. The van der Waals surface area contributed by atoms with E-state index < -0.39 is 15.8 Å². The van der Waals surface area contributed by atoms with Crippen LogP contribution in [0.25, 0.3) is 11.1 Å². The summed E-state index contributed by atoms with van der Waals surface area (Å²) in [6.45, 7) is 5.17. The topological polar surface area (TPSA) is 92.8 Å². The molecule has 8 nitrogen and oxygen atoms in total. The summed E-state index contributed by atoms with van der Waals surface area (Å²) in [6.07, 6.45) is 3.40. The maximum Gasteiger partial charge on any atom is 0.419 e. The van der Waals surface area contributed by atoms with Crippen molar-refractivity contribution in [3.63, 3.8) is 0 Å². The zero-order chi connectivity index (χ0) is 22.7. The minimum Gasteiger partial charge on any atom is -0.408 e. The number of anilines is 1. The van der Waals surface area contributed by atoms with Gasteiger partial charge in [0, 0.05) is 44.4 Å². The van der Waals surface area contributed by atoms with E-state index >= 15 is 0 Å². The van der Waals surface area contributed by atoms with Gasteiger partial charge in [0.15, 0.2) is 5.58 Å². The van der Waals surface area contributed by atoms with Crippen molar-refractivity contribution in [3.8, 4) is 0 Å². The van der Waals surface area contributed by atoms with Crippen LogP contribution in [0.5, 0.6) is 0 Å². The molecule has 32 heavy (non-hydrogen) atoms. The minimum absolute atomic E-state index is 0.0745. The fraction of sp³-hybridized carbons (Fsp3) is 0.304. The molecule has 1 aromatic heterocycles. The summed E-state index contributed by atoms with van der Waals surface area (Å²) in [6, 6.07) is 13.7. The molecular formula is C23H25N3O5S. The fourth-order valence-electron chi connectivity index (χ4n) is 3.93. The van der Waals surface area contributed by atoms with Crippen molar-refractivity contribution in [2.45, 2.75) is 30.7 Å². The van der Waals surface area contributed by atoms with Crippen LogP contribution in [0, 0.1) is 0 Å². The molecule has 0 radical (unpaired) electrons. The van der Waals surface area contributed by atoms with Crippen LogP contribution in [0.1, 0.15) is 19.3 Å². The van der Waals surface area contributed by atoms with Gasteiger partial charge in [0.25, 0.3) is 0 Å². The summed E-state index contributed by atoms with van der Waals surface area (Å²) in [4.78, 5) is 27.0. The first-order valence-corrected chi connectivity index (χ1v) is 12.0. The normalized spacial score (nSPS) is 14.6. The molecule has 3 aromatic rings. The Kier molecular flexibility index (Phi) is 6.29.